The Kier molecular flexibility index (Phi) is 4.38. The van der Waals surface area contributed by atoms with Crippen LogP contribution < -0.4 is 0 Å². The summed E-state index contributed by atoms with van der Waals surface area (Å²) in [5.74, 6) is -4.24. The summed E-state index contributed by atoms with van der Waals surface area (Å²) in [7, 11) is 0. The van der Waals surface area contributed by atoms with Crippen LogP contribution in [0.15, 0.2) is 12.1 Å². The van der Waals surface area contributed by atoms with E-state index in [0.717, 1.165) is 12.1 Å². The maximum Gasteiger partial charge on any atom is 0.195 e. The summed E-state index contributed by atoms with van der Waals surface area (Å²) in [5.41, 5.74) is -0.226. The molecule has 0 aliphatic carbocycles. The Balaban J connectivity index is 3.22. The van der Waals surface area contributed by atoms with E-state index in [1.54, 1.807) is 4.90 Å². The quantitative estimate of drug-likeness (QED) is 0.501. The average Bonchev–Trinajstić information content (AvgIpc) is 2.24. The molecule has 1 N–H and O–H groups in total. The van der Waals surface area contributed by atoms with Gasteiger partial charge < -0.3 is 4.90 Å². The number of nitrogens with one attached hydrogen (secondary N) is 1. The highest BCUT2D eigenvalue weighted by Gasteiger charge is 2.23. The third-order valence-electron chi connectivity index (χ3n) is 2.66. The normalized spacial score (nSPS) is 11.2. The highest BCUT2D eigenvalue weighted by atomic mass is 19.2. The molecule has 0 spiro atoms. The summed E-state index contributed by atoms with van der Waals surface area (Å²) in [4.78, 5) is 1.63. The third kappa shape index (κ3) is 2.66. The summed E-state index contributed by atoms with van der Waals surface area (Å²) in [5, 5.41) is 7.95. The van der Waals surface area contributed by atoms with Gasteiger partial charge in [0, 0.05) is 12.1 Å². The zero-order valence-corrected chi connectivity index (χ0v) is 10.9. The average molecular weight is 258 g/mol. The number of halogens is 3. The first-order valence-electron chi connectivity index (χ1n) is 5.78. The molecule has 0 saturated heterocycles. The highest BCUT2D eigenvalue weighted by Crippen LogP contribution is 2.19. The number of nitrogens with zero attached hydrogens (tertiary/aromatic N) is 1. The van der Waals surface area contributed by atoms with Gasteiger partial charge in [-0.1, -0.05) is 0 Å². The lowest BCUT2D eigenvalue weighted by molar-refractivity contribution is 0.289. The van der Waals surface area contributed by atoms with E-state index in [-0.39, 0.29) is 23.5 Å². The van der Waals surface area contributed by atoms with Crippen LogP contribution in [0.4, 0.5) is 13.2 Å². The summed E-state index contributed by atoms with van der Waals surface area (Å²) < 4.78 is 39.6. The monoisotopic (exact) mass is 258 g/mol. The van der Waals surface area contributed by atoms with Crippen molar-refractivity contribution in [3.63, 3.8) is 0 Å². The molecule has 100 valence electrons. The van der Waals surface area contributed by atoms with Gasteiger partial charge in [-0.2, -0.15) is 0 Å². The number of benzene rings is 1. The molecule has 0 heterocycles. The van der Waals surface area contributed by atoms with E-state index in [1.807, 2.05) is 27.7 Å². The minimum atomic E-state index is -1.54. The van der Waals surface area contributed by atoms with Crippen LogP contribution in [0.1, 0.15) is 33.3 Å². The van der Waals surface area contributed by atoms with E-state index in [4.69, 9.17) is 5.41 Å². The Morgan fingerprint density at radius 1 is 1.00 bits per heavy atom. The molecule has 0 amide bonds. The van der Waals surface area contributed by atoms with Gasteiger partial charge in [0.2, 0.25) is 0 Å². The fourth-order valence-electron chi connectivity index (χ4n) is 1.96. The van der Waals surface area contributed by atoms with E-state index in [1.165, 1.54) is 0 Å². The Hall–Kier alpha value is -1.52. The summed E-state index contributed by atoms with van der Waals surface area (Å²) >= 11 is 0. The Bertz CT molecular complexity index is 448. The number of hydrogen-bond acceptors (Lipinski definition) is 1. The molecule has 0 aromatic heterocycles. The SMILES string of the molecule is CC(C)N(C(=N)c1ccc(F)c(F)c1F)C(C)C. The largest absolute Gasteiger partial charge is 0.352 e. The second kappa shape index (κ2) is 5.42. The number of hydrogen-bond donors (Lipinski definition) is 1. The number of rotatable bonds is 3. The van der Waals surface area contributed by atoms with Crippen molar-refractivity contribution in [1.29, 1.82) is 5.41 Å². The van der Waals surface area contributed by atoms with Gasteiger partial charge in [-0.05, 0) is 39.8 Å². The second-order valence-corrected chi connectivity index (χ2v) is 4.67. The van der Waals surface area contributed by atoms with Gasteiger partial charge in [0.15, 0.2) is 17.5 Å². The maximum absolute atomic E-state index is 13.6. The Labute approximate surface area is 105 Å². The summed E-state index contributed by atoms with van der Waals surface area (Å²) in [6.45, 7) is 7.41. The second-order valence-electron chi connectivity index (χ2n) is 4.67. The lowest BCUT2D eigenvalue weighted by Gasteiger charge is -2.33. The first-order chi connectivity index (χ1) is 8.27. The van der Waals surface area contributed by atoms with Gasteiger partial charge in [0.05, 0.1) is 5.56 Å². The topological polar surface area (TPSA) is 27.1 Å². The molecule has 1 aromatic carbocycles. The molecule has 2 nitrogen and oxygen atoms in total. The fourth-order valence-corrected chi connectivity index (χ4v) is 1.96. The molecule has 18 heavy (non-hydrogen) atoms. The Morgan fingerprint density at radius 3 is 1.94 bits per heavy atom. The molecule has 0 fully saturated rings. The van der Waals surface area contributed by atoms with Crippen LogP contribution >= 0.6 is 0 Å². The van der Waals surface area contributed by atoms with Gasteiger partial charge in [0.25, 0.3) is 0 Å². The molecule has 0 saturated carbocycles. The van der Waals surface area contributed by atoms with Crippen LogP contribution in [0.5, 0.6) is 0 Å². The van der Waals surface area contributed by atoms with Crippen molar-refractivity contribution in [2.75, 3.05) is 0 Å². The van der Waals surface area contributed by atoms with Crippen LogP contribution in [-0.4, -0.2) is 22.8 Å². The van der Waals surface area contributed by atoms with E-state index < -0.39 is 17.5 Å². The molecule has 0 aliphatic heterocycles. The molecule has 0 aliphatic rings. The molecule has 1 aromatic rings. The van der Waals surface area contributed by atoms with Gasteiger partial charge in [-0.25, -0.2) is 13.2 Å². The zero-order valence-electron chi connectivity index (χ0n) is 10.9. The highest BCUT2D eigenvalue weighted by molar-refractivity contribution is 5.97. The fraction of sp³-hybridized carbons (Fsp3) is 0.462. The van der Waals surface area contributed by atoms with Crippen molar-refractivity contribution in [1.82, 2.24) is 4.90 Å². The van der Waals surface area contributed by atoms with Crippen molar-refractivity contribution in [3.05, 3.63) is 35.1 Å². The number of amidine groups is 1. The molecular weight excluding hydrogens is 241 g/mol. The lowest BCUT2D eigenvalue weighted by atomic mass is 10.1. The van der Waals surface area contributed by atoms with Crippen molar-refractivity contribution in [2.45, 2.75) is 39.8 Å². The summed E-state index contributed by atoms with van der Waals surface area (Å²) in [6, 6.07) is 1.85. The minimum absolute atomic E-state index is 0.0370. The standard InChI is InChI=1S/C13H17F3N2/c1-7(2)18(8(3)4)13(17)9-5-6-10(14)12(16)11(9)15/h5-8,17H,1-4H3. The van der Waals surface area contributed by atoms with Gasteiger partial charge in [0.1, 0.15) is 5.84 Å². The van der Waals surface area contributed by atoms with Gasteiger partial charge >= 0.3 is 0 Å². The Morgan fingerprint density at radius 2 is 1.50 bits per heavy atom. The van der Waals surface area contributed by atoms with E-state index >= 15 is 0 Å². The van der Waals surface area contributed by atoms with E-state index in [9.17, 15) is 13.2 Å². The first-order valence-corrected chi connectivity index (χ1v) is 5.78. The van der Waals surface area contributed by atoms with E-state index in [2.05, 4.69) is 0 Å². The van der Waals surface area contributed by atoms with Crippen LogP contribution in [-0.2, 0) is 0 Å². The van der Waals surface area contributed by atoms with Crippen LogP contribution in [0.2, 0.25) is 0 Å². The van der Waals surface area contributed by atoms with Gasteiger partial charge in [-0.3, -0.25) is 5.41 Å². The van der Waals surface area contributed by atoms with Crippen molar-refractivity contribution in [3.8, 4) is 0 Å². The maximum atomic E-state index is 13.6. The molecule has 0 radical (unpaired) electrons. The molecule has 0 unspecified atom stereocenters. The van der Waals surface area contributed by atoms with Crippen LogP contribution in [0.3, 0.4) is 0 Å². The van der Waals surface area contributed by atoms with Crippen LogP contribution in [0, 0.1) is 22.9 Å². The summed E-state index contributed by atoms with van der Waals surface area (Å²) in [6.07, 6.45) is 0. The molecule has 0 bridgehead atoms. The van der Waals surface area contributed by atoms with E-state index in [0.29, 0.717) is 0 Å². The first kappa shape index (κ1) is 14.5. The van der Waals surface area contributed by atoms with Crippen molar-refractivity contribution < 1.29 is 13.2 Å². The third-order valence-corrected chi connectivity index (χ3v) is 2.66. The molecule has 5 heteroatoms. The zero-order chi connectivity index (χ0) is 14.0. The lowest BCUT2D eigenvalue weighted by Crippen LogP contribution is -2.42. The van der Waals surface area contributed by atoms with Crippen molar-refractivity contribution in [2.24, 2.45) is 0 Å². The molecule has 0 atom stereocenters. The van der Waals surface area contributed by atoms with Crippen LogP contribution in [0.25, 0.3) is 0 Å². The van der Waals surface area contributed by atoms with Gasteiger partial charge in [-0.15, -0.1) is 0 Å². The molecular formula is C13H17F3N2. The molecule has 1 rings (SSSR count). The predicted molar refractivity (Wildman–Crippen MR) is 65.3 cm³/mol. The van der Waals surface area contributed by atoms with Crippen molar-refractivity contribution >= 4 is 5.84 Å². The minimum Gasteiger partial charge on any atom is -0.352 e. The smallest absolute Gasteiger partial charge is 0.195 e. The predicted octanol–water partition coefficient (Wildman–Crippen LogP) is 3.55.